The fraction of sp³-hybridized carbons (Fsp3) is 0.267. The number of hydrogen-bond donors (Lipinski definition) is 1. The molecule has 0 saturated carbocycles. The van der Waals surface area contributed by atoms with E-state index < -0.39 is 47.6 Å². The van der Waals surface area contributed by atoms with E-state index in [-0.39, 0.29) is 6.42 Å². The van der Waals surface area contributed by atoms with Gasteiger partial charge in [0.05, 0.1) is 39.1 Å². The first-order valence-electron chi connectivity index (χ1n) is 12.1. The minimum absolute atomic E-state index is 0.106. The average molecular weight is 518 g/mol. The van der Waals surface area contributed by atoms with Crippen molar-refractivity contribution in [3.8, 4) is 0 Å². The van der Waals surface area contributed by atoms with Crippen LogP contribution in [0.1, 0.15) is 29.5 Å². The van der Waals surface area contributed by atoms with Crippen molar-refractivity contribution < 1.29 is 33.4 Å². The quantitative estimate of drug-likeness (QED) is 0.236. The summed E-state index contributed by atoms with van der Waals surface area (Å²) in [6.45, 7) is 0. The maximum atomic E-state index is 13.8. The molecule has 0 aliphatic heterocycles. The van der Waals surface area contributed by atoms with Gasteiger partial charge in [0.15, 0.2) is 0 Å². The van der Waals surface area contributed by atoms with Crippen LogP contribution in [0.4, 0.5) is 0 Å². The zero-order chi connectivity index (χ0) is 27.5. The standard InChI is InChI=1S/C30H31NO7/c1-36-26(33)19-24(28(34)37-2)27(29(35)38-3)31-25(32)20-30(21-13-7-4-8-14-21,22-15-9-5-10-16-22)23-17-11-6-12-18-23/h4-18,24,27H,19-20H2,1-3H3,(H,31,32)/t24-,27+/m0/s1. The fourth-order valence-electron chi connectivity index (χ4n) is 4.64. The highest BCUT2D eigenvalue weighted by molar-refractivity contribution is 5.92. The summed E-state index contributed by atoms with van der Waals surface area (Å²) < 4.78 is 14.4. The molecule has 0 unspecified atom stereocenters. The lowest BCUT2D eigenvalue weighted by Gasteiger charge is -2.36. The lowest BCUT2D eigenvalue weighted by molar-refractivity contribution is -0.159. The molecular formula is C30H31NO7. The Morgan fingerprint density at radius 3 is 1.45 bits per heavy atom. The van der Waals surface area contributed by atoms with Gasteiger partial charge >= 0.3 is 17.9 Å². The highest BCUT2D eigenvalue weighted by Crippen LogP contribution is 2.42. The Morgan fingerprint density at radius 2 is 1.08 bits per heavy atom. The Kier molecular flexibility index (Phi) is 9.76. The van der Waals surface area contributed by atoms with Gasteiger partial charge in [0, 0.05) is 6.42 Å². The number of nitrogens with one attached hydrogen (secondary N) is 1. The van der Waals surface area contributed by atoms with Gasteiger partial charge in [-0.05, 0) is 16.7 Å². The van der Waals surface area contributed by atoms with Gasteiger partial charge in [-0.3, -0.25) is 14.4 Å². The Labute approximate surface area is 221 Å². The molecule has 0 saturated heterocycles. The van der Waals surface area contributed by atoms with Crippen LogP contribution < -0.4 is 5.32 Å². The number of esters is 3. The second kappa shape index (κ2) is 13.2. The van der Waals surface area contributed by atoms with E-state index >= 15 is 0 Å². The van der Waals surface area contributed by atoms with Crippen LogP contribution in [-0.2, 0) is 38.8 Å². The van der Waals surface area contributed by atoms with Crippen LogP contribution in [0.3, 0.4) is 0 Å². The molecule has 8 nitrogen and oxygen atoms in total. The lowest BCUT2D eigenvalue weighted by Crippen LogP contribution is -2.51. The molecule has 0 aliphatic carbocycles. The van der Waals surface area contributed by atoms with Crippen LogP contribution in [0.2, 0.25) is 0 Å². The summed E-state index contributed by atoms with van der Waals surface area (Å²) in [5, 5.41) is 2.65. The first-order valence-corrected chi connectivity index (χ1v) is 12.1. The van der Waals surface area contributed by atoms with E-state index in [2.05, 4.69) is 10.1 Å². The van der Waals surface area contributed by atoms with Crippen molar-refractivity contribution in [2.24, 2.45) is 5.92 Å². The van der Waals surface area contributed by atoms with E-state index in [9.17, 15) is 19.2 Å². The number of carbonyl (C=O) groups excluding carboxylic acids is 4. The van der Waals surface area contributed by atoms with Gasteiger partial charge < -0.3 is 19.5 Å². The molecule has 3 rings (SSSR count). The summed E-state index contributed by atoms with van der Waals surface area (Å²) in [5.74, 6) is -4.36. The summed E-state index contributed by atoms with van der Waals surface area (Å²) in [4.78, 5) is 51.2. The van der Waals surface area contributed by atoms with E-state index in [1.807, 2.05) is 91.0 Å². The number of rotatable bonds is 11. The third kappa shape index (κ3) is 6.26. The Balaban J connectivity index is 2.10. The fourth-order valence-corrected chi connectivity index (χ4v) is 4.64. The molecule has 0 aromatic heterocycles. The van der Waals surface area contributed by atoms with Crippen molar-refractivity contribution in [1.82, 2.24) is 5.32 Å². The average Bonchev–Trinajstić information content (AvgIpc) is 2.98. The molecule has 0 bridgehead atoms. The summed E-state index contributed by atoms with van der Waals surface area (Å²) in [5.41, 5.74) is 1.65. The van der Waals surface area contributed by atoms with E-state index in [1.54, 1.807) is 0 Å². The minimum atomic E-state index is -1.47. The predicted molar refractivity (Wildman–Crippen MR) is 140 cm³/mol. The van der Waals surface area contributed by atoms with Gasteiger partial charge in [0.25, 0.3) is 0 Å². The number of carbonyl (C=O) groups is 4. The molecular weight excluding hydrogens is 486 g/mol. The Morgan fingerprint density at radius 1 is 0.658 bits per heavy atom. The van der Waals surface area contributed by atoms with Gasteiger partial charge in [-0.15, -0.1) is 0 Å². The van der Waals surface area contributed by atoms with Crippen LogP contribution in [0.25, 0.3) is 0 Å². The lowest BCUT2D eigenvalue weighted by atomic mass is 9.67. The SMILES string of the molecule is COC(=O)C[C@H](C(=O)OC)[C@@H](NC(=O)CC(c1ccccc1)(c1ccccc1)c1ccccc1)C(=O)OC. The van der Waals surface area contributed by atoms with Crippen molar-refractivity contribution in [2.75, 3.05) is 21.3 Å². The van der Waals surface area contributed by atoms with Crippen LogP contribution in [0, 0.1) is 5.92 Å². The van der Waals surface area contributed by atoms with Gasteiger partial charge in [-0.25, -0.2) is 4.79 Å². The molecule has 1 N–H and O–H groups in total. The van der Waals surface area contributed by atoms with E-state index in [0.29, 0.717) is 0 Å². The van der Waals surface area contributed by atoms with Crippen LogP contribution in [0.5, 0.6) is 0 Å². The monoisotopic (exact) mass is 517 g/mol. The number of benzene rings is 3. The molecule has 8 heteroatoms. The summed E-state index contributed by atoms with van der Waals surface area (Å²) >= 11 is 0. The molecule has 3 aromatic rings. The number of amides is 1. The molecule has 0 fully saturated rings. The van der Waals surface area contributed by atoms with Gasteiger partial charge in [0.1, 0.15) is 6.04 Å². The normalized spacial score (nSPS) is 12.5. The summed E-state index contributed by atoms with van der Waals surface area (Å²) in [7, 11) is 3.43. The zero-order valence-corrected chi connectivity index (χ0v) is 21.6. The number of hydrogen-bond acceptors (Lipinski definition) is 7. The first kappa shape index (κ1) is 28.1. The summed E-state index contributed by atoms with van der Waals surface area (Å²) in [6.07, 6.45) is -0.588. The zero-order valence-electron chi connectivity index (χ0n) is 21.6. The minimum Gasteiger partial charge on any atom is -0.469 e. The topological polar surface area (TPSA) is 108 Å². The van der Waals surface area contributed by atoms with Crippen molar-refractivity contribution in [3.05, 3.63) is 108 Å². The van der Waals surface area contributed by atoms with E-state index in [4.69, 9.17) is 9.47 Å². The van der Waals surface area contributed by atoms with Gasteiger partial charge in [-0.2, -0.15) is 0 Å². The molecule has 38 heavy (non-hydrogen) atoms. The van der Waals surface area contributed by atoms with E-state index in [1.165, 1.54) is 0 Å². The number of methoxy groups -OCH3 is 3. The summed E-state index contributed by atoms with van der Waals surface area (Å²) in [6, 6.07) is 27.3. The van der Waals surface area contributed by atoms with Crippen molar-refractivity contribution in [3.63, 3.8) is 0 Å². The van der Waals surface area contributed by atoms with Crippen LogP contribution >= 0.6 is 0 Å². The highest BCUT2D eigenvalue weighted by atomic mass is 16.5. The Bertz CT molecular complexity index is 1130. The van der Waals surface area contributed by atoms with Gasteiger partial charge in [-0.1, -0.05) is 91.0 Å². The third-order valence-electron chi connectivity index (χ3n) is 6.52. The molecule has 2 atom stereocenters. The third-order valence-corrected chi connectivity index (χ3v) is 6.52. The first-order chi connectivity index (χ1) is 18.4. The second-order valence-corrected chi connectivity index (χ2v) is 8.66. The van der Waals surface area contributed by atoms with Crippen molar-refractivity contribution in [2.45, 2.75) is 24.3 Å². The molecule has 0 radical (unpaired) electrons. The number of ether oxygens (including phenoxy) is 3. The molecule has 1 amide bonds. The smallest absolute Gasteiger partial charge is 0.329 e. The maximum absolute atomic E-state index is 13.8. The van der Waals surface area contributed by atoms with Gasteiger partial charge in [0.2, 0.25) is 5.91 Å². The van der Waals surface area contributed by atoms with Crippen molar-refractivity contribution >= 4 is 23.8 Å². The Hall–Kier alpha value is -4.46. The molecule has 0 heterocycles. The molecule has 0 spiro atoms. The molecule has 3 aromatic carbocycles. The van der Waals surface area contributed by atoms with Crippen LogP contribution in [-0.4, -0.2) is 51.2 Å². The molecule has 198 valence electrons. The van der Waals surface area contributed by atoms with Crippen molar-refractivity contribution in [1.29, 1.82) is 0 Å². The largest absolute Gasteiger partial charge is 0.469 e. The van der Waals surface area contributed by atoms with Crippen LogP contribution in [0.15, 0.2) is 91.0 Å². The second-order valence-electron chi connectivity index (χ2n) is 8.66. The molecule has 0 aliphatic rings. The van der Waals surface area contributed by atoms with E-state index in [0.717, 1.165) is 38.0 Å². The highest BCUT2D eigenvalue weighted by Gasteiger charge is 2.42. The predicted octanol–water partition coefficient (Wildman–Crippen LogP) is 3.42. The maximum Gasteiger partial charge on any atom is 0.329 e.